The van der Waals surface area contributed by atoms with Gasteiger partial charge in [-0.25, -0.2) is 10.3 Å². The third kappa shape index (κ3) is 2.07. The Morgan fingerprint density at radius 3 is 2.77 bits per heavy atom. The number of halogens is 1. The van der Waals surface area contributed by atoms with Gasteiger partial charge in [0.05, 0.1) is 13.7 Å². The molecule has 1 aromatic rings. The maximum absolute atomic E-state index is 13.0. The third-order valence-corrected chi connectivity index (χ3v) is 1.59. The fraction of sp³-hybridized carbons (Fsp3) is 0.250. The topological polar surface area (TPSA) is 64.7 Å². The number of hydrogen-bond acceptors (Lipinski definition) is 4. The molecule has 13 heavy (non-hydrogen) atoms. The first-order valence-electron chi connectivity index (χ1n) is 3.56. The zero-order chi connectivity index (χ0) is 9.84. The van der Waals surface area contributed by atoms with Gasteiger partial charge in [-0.15, -0.1) is 0 Å². The molecule has 1 aromatic carbocycles. The Kier molecular flexibility index (Phi) is 3.05. The molecule has 0 atom stereocenters. The van der Waals surface area contributed by atoms with Crippen LogP contribution in [0.2, 0.25) is 0 Å². The molecular weight excluding hydrogens is 177 g/mol. The Morgan fingerprint density at radius 2 is 2.23 bits per heavy atom. The van der Waals surface area contributed by atoms with Gasteiger partial charge in [-0.1, -0.05) is 0 Å². The SMILES string of the molecule is COc1cc(CON)c(F)cc1O. The molecule has 5 heteroatoms. The van der Waals surface area contributed by atoms with Crippen LogP contribution >= 0.6 is 0 Å². The molecule has 3 N–H and O–H groups in total. The van der Waals surface area contributed by atoms with E-state index in [9.17, 15) is 4.39 Å². The second kappa shape index (κ2) is 4.06. The molecule has 4 nitrogen and oxygen atoms in total. The molecule has 72 valence electrons. The van der Waals surface area contributed by atoms with Crippen molar-refractivity contribution >= 4 is 0 Å². The minimum Gasteiger partial charge on any atom is -0.504 e. The minimum atomic E-state index is -0.580. The lowest BCUT2D eigenvalue weighted by Gasteiger charge is -2.06. The van der Waals surface area contributed by atoms with Crippen molar-refractivity contribution in [2.75, 3.05) is 7.11 Å². The van der Waals surface area contributed by atoms with Crippen LogP contribution in [-0.4, -0.2) is 12.2 Å². The molecule has 0 unspecified atom stereocenters. The zero-order valence-electron chi connectivity index (χ0n) is 7.08. The number of hydrogen-bond donors (Lipinski definition) is 2. The van der Waals surface area contributed by atoms with Crippen LogP contribution in [0.1, 0.15) is 5.56 Å². The molecule has 0 saturated heterocycles. The van der Waals surface area contributed by atoms with Gasteiger partial charge in [0.1, 0.15) is 5.82 Å². The predicted molar refractivity (Wildman–Crippen MR) is 43.6 cm³/mol. The third-order valence-electron chi connectivity index (χ3n) is 1.59. The van der Waals surface area contributed by atoms with Gasteiger partial charge in [-0.2, -0.15) is 0 Å². The van der Waals surface area contributed by atoms with Crippen molar-refractivity contribution in [1.29, 1.82) is 0 Å². The minimum absolute atomic E-state index is 0.0670. The zero-order valence-corrected chi connectivity index (χ0v) is 7.08. The predicted octanol–water partition coefficient (Wildman–Crippen LogP) is 0.930. The van der Waals surface area contributed by atoms with Crippen molar-refractivity contribution in [3.63, 3.8) is 0 Å². The summed E-state index contributed by atoms with van der Waals surface area (Å²) in [6.07, 6.45) is 0. The first-order chi connectivity index (χ1) is 6.19. The Hall–Kier alpha value is -1.33. The van der Waals surface area contributed by atoms with Crippen molar-refractivity contribution < 1.29 is 19.1 Å². The molecule has 0 fully saturated rings. The Bertz CT molecular complexity index is 304. The Morgan fingerprint density at radius 1 is 1.54 bits per heavy atom. The normalized spacial score (nSPS) is 10.1. The van der Waals surface area contributed by atoms with E-state index in [1.54, 1.807) is 0 Å². The summed E-state index contributed by atoms with van der Waals surface area (Å²) in [5.74, 6) is 4.15. The van der Waals surface area contributed by atoms with Crippen LogP contribution in [0.25, 0.3) is 0 Å². The van der Waals surface area contributed by atoms with Crippen LogP contribution in [0.3, 0.4) is 0 Å². The summed E-state index contributed by atoms with van der Waals surface area (Å²) in [6, 6.07) is 2.28. The number of phenols is 1. The summed E-state index contributed by atoms with van der Waals surface area (Å²) in [7, 11) is 1.38. The van der Waals surface area contributed by atoms with Gasteiger partial charge in [-0.3, -0.25) is 4.84 Å². The maximum Gasteiger partial charge on any atom is 0.161 e. The summed E-state index contributed by atoms with van der Waals surface area (Å²) in [5.41, 5.74) is 0.233. The largest absolute Gasteiger partial charge is 0.504 e. The number of benzene rings is 1. The maximum atomic E-state index is 13.0. The van der Waals surface area contributed by atoms with Gasteiger partial charge in [-0.05, 0) is 6.07 Å². The van der Waals surface area contributed by atoms with Gasteiger partial charge in [0.25, 0.3) is 0 Å². The fourth-order valence-electron chi connectivity index (χ4n) is 0.949. The van der Waals surface area contributed by atoms with Crippen LogP contribution in [0, 0.1) is 5.82 Å². The van der Waals surface area contributed by atoms with E-state index in [1.165, 1.54) is 13.2 Å². The second-order valence-corrected chi connectivity index (χ2v) is 2.43. The molecule has 0 spiro atoms. The van der Waals surface area contributed by atoms with Crippen LogP contribution in [-0.2, 0) is 11.4 Å². The van der Waals surface area contributed by atoms with Crippen molar-refractivity contribution in [3.8, 4) is 11.5 Å². The molecule has 0 aliphatic carbocycles. The van der Waals surface area contributed by atoms with Gasteiger partial charge in [0, 0.05) is 11.6 Å². The molecule has 0 aromatic heterocycles. The fourth-order valence-corrected chi connectivity index (χ4v) is 0.949. The number of phenolic OH excluding ortho intramolecular Hbond substituents is 1. The number of nitrogens with two attached hydrogens (primary N) is 1. The van der Waals surface area contributed by atoms with E-state index in [2.05, 4.69) is 4.84 Å². The van der Waals surface area contributed by atoms with Crippen molar-refractivity contribution in [2.24, 2.45) is 5.90 Å². The quantitative estimate of drug-likeness (QED) is 0.691. The highest BCUT2D eigenvalue weighted by molar-refractivity contribution is 5.42. The lowest BCUT2D eigenvalue weighted by atomic mass is 10.2. The van der Waals surface area contributed by atoms with E-state index in [4.69, 9.17) is 15.7 Å². The van der Waals surface area contributed by atoms with Crippen LogP contribution in [0.5, 0.6) is 11.5 Å². The second-order valence-electron chi connectivity index (χ2n) is 2.43. The molecule has 0 heterocycles. The van der Waals surface area contributed by atoms with Gasteiger partial charge in [0.2, 0.25) is 0 Å². The average Bonchev–Trinajstić information content (AvgIpc) is 2.10. The molecule has 0 bridgehead atoms. The van der Waals surface area contributed by atoms with Crippen LogP contribution in [0.15, 0.2) is 12.1 Å². The molecule has 0 aliphatic heterocycles. The summed E-state index contributed by atoms with van der Waals surface area (Å²) < 4.78 is 17.8. The molecular formula is C8H10FNO3. The van der Waals surface area contributed by atoms with Crippen LogP contribution in [0.4, 0.5) is 4.39 Å². The molecule has 0 aliphatic rings. The summed E-state index contributed by atoms with van der Waals surface area (Å²) >= 11 is 0. The van der Waals surface area contributed by atoms with E-state index in [0.717, 1.165) is 6.07 Å². The number of ether oxygens (including phenoxy) is 1. The van der Waals surface area contributed by atoms with Gasteiger partial charge < -0.3 is 9.84 Å². The lowest BCUT2D eigenvalue weighted by molar-refractivity contribution is 0.121. The van der Waals surface area contributed by atoms with Crippen molar-refractivity contribution in [1.82, 2.24) is 0 Å². The van der Waals surface area contributed by atoms with E-state index in [-0.39, 0.29) is 23.7 Å². The average molecular weight is 187 g/mol. The van der Waals surface area contributed by atoms with Crippen LogP contribution < -0.4 is 10.6 Å². The highest BCUT2D eigenvalue weighted by Gasteiger charge is 2.09. The summed E-state index contributed by atoms with van der Waals surface area (Å²) in [6.45, 7) is -0.0670. The molecule has 0 saturated carbocycles. The van der Waals surface area contributed by atoms with Crippen molar-refractivity contribution in [3.05, 3.63) is 23.5 Å². The smallest absolute Gasteiger partial charge is 0.161 e. The van der Waals surface area contributed by atoms with Gasteiger partial charge >= 0.3 is 0 Å². The standard InChI is InChI=1S/C8H10FNO3/c1-12-8-2-5(4-13-10)6(9)3-7(8)11/h2-3,11H,4,10H2,1H3. The van der Waals surface area contributed by atoms with Crippen molar-refractivity contribution in [2.45, 2.75) is 6.61 Å². The molecule has 0 amide bonds. The number of methoxy groups -OCH3 is 1. The molecule has 0 radical (unpaired) electrons. The number of rotatable bonds is 3. The van der Waals surface area contributed by atoms with Gasteiger partial charge in [0.15, 0.2) is 11.5 Å². The summed E-state index contributed by atoms with van der Waals surface area (Å²) in [5, 5.41) is 9.15. The number of aromatic hydroxyl groups is 1. The first kappa shape index (κ1) is 9.76. The van der Waals surface area contributed by atoms with E-state index < -0.39 is 5.82 Å². The molecule has 1 rings (SSSR count). The lowest BCUT2D eigenvalue weighted by Crippen LogP contribution is -2.01. The highest BCUT2D eigenvalue weighted by atomic mass is 19.1. The Balaban J connectivity index is 3.06. The highest BCUT2D eigenvalue weighted by Crippen LogP contribution is 2.28. The van der Waals surface area contributed by atoms with E-state index in [0.29, 0.717) is 0 Å². The first-order valence-corrected chi connectivity index (χ1v) is 3.56. The van der Waals surface area contributed by atoms with E-state index in [1.807, 2.05) is 0 Å². The van der Waals surface area contributed by atoms with E-state index >= 15 is 0 Å². The Labute approximate surface area is 74.6 Å². The summed E-state index contributed by atoms with van der Waals surface area (Å²) in [4.78, 5) is 4.27. The monoisotopic (exact) mass is 187 g/mol.